The van der Waals surface area contributed by atoms with E-state index in [9.17, 15) is 22.0 Å². The van der Waals surface area contributed by atoms with Gasteiger partial charge in [-0.2, -0.15) is 13.2 Å². The summed E-state index contributed by atoms with van der Waals surface area (Å²) in [4.78, 5) is 5.10. The topological polar surface area (TPSA) is 43.1 Å². The number of alkyl halides is 3. The molecule has 0 bridgehead atoms. The molecule has 10 heteroatoms. The maximum absolute atomic E-state index is 14.7. The lowest BCUT2D eigenvalue weighted by Crippen LogP contribution is -2.23. The first-order valence-electron chi connectivity index (χ1n) is 9.33. The number of aromatic nitrogens is 3. The van der Waals surface area contributed by atoms with Crippen molar-refractivity contribution in [2.75, 3.05) is 0 Å². The normalized spacial score (nSPS) is 20.4. The molecule has 1 aromatic carbocycles. The highest BCUT2D eigenvalue weighted by Crippen LogP contribution is 2.47. The number of benzene rings is 1. The van der Waals surface area contributed by atoms with Crippen molar-refractivity contribution in [3.63, 3.8) is 0 Å². The van der Waals surface area contributed by atoms with Crippen molar-refractivity contribution in [1.82, 2.24) is 14.8 Å². The predicted octanol–water partition coefficient (Wildman–Crippen LogP) is 5.10. The first-order valence-corrected chi connectivity index (χ1v) is 10.1. The van der Waals surface area contributed by atoms with Gasteiger partial charge in [0, 0.05) is 10.4 Å². The molecule has 1 aliphatic heterocycles. The van der Waals surface area contributed by atoms with Crippen LogP contribution in [0.2, 0.25) is 0 Å². The number of fused-ring (bicyclic) bond motifs is 5. The Morgan fingerprint density at radius 1 is 1.07 bits per heavy atom. The van der Waals surface area contributed by atoms with Crippen molar-refractivity contribution in [3.05, 3.63) is 63.0 Å². The van der Waals surface area contributed by atoms with Crippen LogP contribution < -0.4 is 0 Å². The van der Waals surface area contributed by atoms with Gasteiger partial charge in [-0.25, -0.2) is 8.78 Å². The summed E-state index contributed by atoms with van der Waals surface area (Å²) in [5, 5.41) is 8.79. The Kier molecular flexibility index (Phi) is 4.15. The van der Waals surface area contributed by atoms with Gasteiger partial charge in [-0.1, -0.05) is 6.07 Å². The molecule has 2 aliphatic rings. The second-order valence-electron chi connectivity index (χ2n) is 7.52. The summed E-state index contributed by atoms with van der Waals surface area (Å²) in [7, 11) is 0. The van der Waals surface area contributed by atoms with Gasteiger partial charge < -0.3 is 0 Å². The molecule has 30 heavy (non-hydrogen) atoms. The van der Waals surface area contributed by atoms with Gasteiger partial charge in [0.05, 0.1) is 17.2 Å². The fourth-order valence-electron chi connectivity index (χ4n) is 4.18. The summed E-state index contributed by atoms with van der Waals surface area (Å²) in [5.74, 6) is -2.13. The van der Waals surface area contributed by atoms with Crippen LogP contribution in [0.25, 0.3) is 5.00 Å². The van der Waals surface area contributed by atoms with Crippen molar-refractivity contribution in [3.8, 4) is 5.00 Å². The summed E-state index contributed by atoms with van der Waals surface area (Å²) in [6.45, 7) is 3.44. The molecule has 3 heterocycles. The van der Waals surface area contributed by atoms with E-state index in [0.717, 1.165) is 12.1 Å². The van der Waals surface area contributed by atoms with Gasteiger partial charge in [-0.3, -0.25) is 9.56 Å². The lowest BCUT2D eigenvalue weighted by molar-refractivity contribution is -0.171. The van der Waals surface area contributed by atoms with Crippen molar-refractivity contribution >= 4 is 17.0 Å². The zero-order valence-electron chi connectivity index (χ0n) is 15.9. The number of thiophene rings is 1. The number of halogens is 5. The molecule has 5 rings (SSSR count). The third-order valence-corrected chi connectivity index (χ3v) is 6.84. The van der Waals surface area contributed by atoms with Crippen LogP contribution in [0, 0.1) is 24.5 Å². The first kappa shape index (κ1) is 19.3. The van der Waals surface area contributed by atoms with Crippen molar-refractivity contribution < 1.29 is 22.0 Å². The molecule has 0 N–H and O–H groups in total. The van der Waals surface area contributed by atoms with E-state index in [-0.39, 0.29) is 24.1 Å². The monoisotopic (exact) mass is 438 g/mol. The van der Waals surface area contributed by atoms with Gasteiger partial charge in [-0.05, 0) is 44.4 Å². The molecule has 0 saturated carbocycles. The third-order valence-electron chi connectivity index (χ3n) is 5.60. The fraction of sp³-hybridized carbons (Fsp3) is 0.350. The Labute approximate surface area is 172 Å². The van der Waals surface area contributed by atoms with E-state index in [2.05, 4.69) is 15.2 Å². The summed E-state index contributed by atoms with van der Waals surface area (Å²) in [5.41, 5.74) is 0.488. The van der Waals surface area contributed by atoms with E-state index in [1.54, 1.807) is 18.4 Å². The molecule has 1 unspecified atom stereocenters. The molecule has 0 amide bonds. The Morgan fingerprint density at radius 2 is 1.77 bits per heavy atom. The quantitative estimate of drug-likeness (QED) is 0.496. The van der Waals surface area contributed by atoms with E-state index in [4.69, 9.17) is 0 Å². The maximum Gasteiger partial charge on any atom is 0.392 e. The van der Waals surface area contributed by atoms with Gasteiger partial charge in [0.25, 0.3) is 0 Å². The number of rotatable bonds is 1. The number of aliphatic imine (C=N–C) groups is 1. The lowest BCUT2D eigenvalue weighted by atomic mass is 9.96. The smallest absolute Gasteiger partial charge is 0.273 e. The van der Waals surface area contributed by atoms with Crippen LogP contribution in [-0.2, 0) is 12.8 Å². The molecule has 2 aromatic heterocycles. The van der Waals surface area contributed by atoms with E-state index >= 15 is 0 Å². The van der Waals surface area contributed by atoms with Crippen LogP contribution >= 0.6 is 11.3 Å². The van der Waals surface area contributed by atoms with Crippen LogP contribution in [0.4, 0.5) is 22.0 Å². The minimum Gasteiger partial charge on any atom is -0.273 e. The first-order chi connectivity index (χ1) is 14.2. The number of nitrogens with zero attached hydrogens (tertiary/aromatic N) is 4. The minimum absolute atomic E-state index is 0.0262. The number of hydrogen-bond donors (Lipinski definition) is 0. The molecule has 0 radical (unpaired) electrons. The number of aryl methyl sites for hydroxylation is 1. The van der Waals surface area contributed by atoms with Crippen molar-refractivity contribution in [2.45, 2.75) is 38.9 Å². The summed E-state index contributed by atoms with van der Waals surface area (Å²) in [6, 6.07) is 2.89. The van der Waals surface area contributed by atoms with E-state index in [1.807, 2.05) is 0 Å². The van der Waals surface area contributed by atoms with E-state index in [0.29, 0.717) is 32.7 Å². The molecule has 0 spiro atoms. The molecule has 4 nitrogen and oxygen atoms in total. The predicted molar refractivity (Wildman–Crippen MR) is 101 cm³/mol. The molecule has 2 atom stereocenters. The van der Waals surface area contributed by atoms with Gasteiger partial charge >= 0.3 is 6.18 Å². The number of hydrogen-bond acceptors (Lipinski definition) is 4. The molecular weight excluding hydrogens is 423 g/mol. The minimum atomic E-state index is -4.35. The second kappa shape index (κ2) is 6.44. The maximum atomic E-state index is 14.7. The second-order valence-corrected chi connectivity index (χ2v) is 8.61. The zero-order chi connectivity index (χ0) is 21.4. The summed E-state index contributed by atoms with van der Waals surface area (Å²) < 4.78 is 71.4. The summed E-state index contributed by atoms with van der Waals surface area (Å²) >= 11 is 1.19. The average Bonchev–Trinajstić information content (AvgIpc) is 3.29. The Morgan fingerprint density at radius 3 is 2.43 bits per heavy atom. The summed E-state index contributed by atoms with van der Waals surface area (Å²) in [6.07, 6.45) is -4.75. The molecule has 0 saturated heterocycles. The van der Waals surface area contributed by atoms with Crippen LogP contribution in [-0.4, -0.2) is 26.7 Å². The van der Waals surface area contributed by atoms with Crippen molar-refractivity contribution in [2.24, 2.45) is 10.9 Å². The Balaban J connectivity index is 1.81. The van der Waals surface area contributed by atoms with Crippen LogP contribution in [0.15, 0.2) is 23.2 Å². The highest BCUT2D eigenvalue weighted by atomic mass is 32.1. The largest absolute Gasteiger partial charge is 0.392 e. The van der Waals surface area contributed by atoms with Crippen molar-refractivity contribution in [1.29, 1.82) is 0 Å². The van der Waals surface area contributed by atoms with E-state index < -0.39 is 29.8 Å². The average molecular weight is 438 g/mol. The molecular formula is C20H15F5N4S. The lowest BCUT2D eigenvalue weighted by Gasteiger charge is -2.15. The van der Waals surface area contributed by atoms with Crippen LogP contribution in [0.1, 0.15) is 46.2 Å². The van der Waals surface area contributed by atoms with Gasteiger partial charge in [-0.15, -0.1) is 21.5 Å². The zero-order valence-corrected chi connectivity index (χ0v) is 16.7. The Hall–Kier alpha value is -2.62. The third kappa shape index (κ3) is 2.73. The molecule has 1 aliphatic carbocycles. The van der Waals surface area contributed by atoms with E-state index in [1.165, 1.54) is 17.4 Å². The highest BCUT2D eigenvalue weighted by molar-refractivity contribution is 7.15. The van der Waals surface area contributed by atoms with Gasteiger partial charge in [0.2, 0.25) is 0 Å². The Bertz CT molecular complexity index is 1190. The molecule has 3 aromatic rings. The van der Waals surface area contributed by atoms with Gasteiger partial charge in [0.15, 0.2) is 5.82 Å². The standard InChI is InChI=1S/C20H15F5N4S/c1-8-18-28-27-9(2)29(18)19-15(11-6-10(20(23,24)25)7-14(11)30-19)17(26-8)16-12(21)4-3-5-13(16)22/h3-5,8,10H,6-7H2,1-2H3/t8-,10?/m0/s1. The molecule has 156 valence electrons. The van der Waals surface area contributed by atoms with Crippen LogP contribution in [0.5, 0.6) is 0 Å². The molecule has 0 fully saturated rings. The SMILES string of the molecule is Cc1nnc2n1-c1sc3c(c1C(c1c(F)cccc1F)=N[C@H]2C)CC(C(F)(F)F)C3. The highest BCUT2D eigenvalue weighted by Gasteiger charge is 2.46. The van der Waals surface area contributed by atoms with Gasteiger partial charge in [0.1, 0.15) is 28.5 Å². The fourth-order valence-corrected chi connectivity index (χ4v) is 5.65. The van der Waals surface area contributed by atoms with Crippen LogP contribution in [0.3, 0.4) is 0 Å².